The van der Waals surface area contributed by atoms with Gasteiger partial charge in [0.05, 0.1) is 46.7 Å². The summed E-state index contributed by atoms with van der Waals surface area (Å²) in [6.45, 7) is 4.33. The molecule has 0 saturated carbocycles. The minimum atomic E-state index is -3.29. The summed E-state index contributed by atoms with van der Waals surface area (Å²) >= 11 is 0. The molecular formula is C70H49N. The average molecular weight is 930 g/mol. The fraction of sp³-hybridized carbons (Fsp3) is 0.0571. The number of fused-ring (bicyclic) bond motifs is 10. The summed E-state index contributed by atoms with van der Waals surface area (Å²) < 4.78 is 247. The Kier molecular flexibility index (Phi) is 5.09. The monoisotopic (exact) mass is 930 g/mol. The molecule has 12 aromatic rings. The van der Waals surface area contributed by atoms with Crippen LogP contribution in [0, 0.1) is 0 Å². The van der Waals surface area contributed by atoms with Gasteiger partial charge in [0.1, 0.15) is 0 Å². The van der Waals surface area contributed by atoms with E-state index in [1.165, 1.54) is 12.1 Å². The number of nitrogens with zero attached hydrogens (tertiary/aromatic N) is 1. The number of benzene rings is 12. The zero-order valence-corrected chi connectivity index (χ0v) is 37.8. The molecule has 334 valence electrons. The van der Waals surface area contributed by atoms with Crippen molar-refractivity contribution >= 4 is 49.4 Å². The van der Waals surface area contributed by atoms with E-state index in [1.54, 1.807) is 12.1 Å². The van der Waals surface area contributed by atoms with Crippen molar-refractivity contribution in [2.75, 3.05) is 4.90 Å². The lowest BCUT2D eigenvalue weighted by molar-refractivity contribution is 0.660. The van der Waals surface area contributed by atoms with Gasteiger partial charge in [-0.1, -0.05) is 244 Å². The standard InChI is InChI=1S/C70H49N/c1-69(2)62-33-17-16-31-60(62)68-61(32-19-35-64(68)69)67-54-27-12-9-20-46(54)38-42-55(67)47-36-39-51(40-37-47)71(66-44-48-21-10-11-26-53(48)56-28-13-14-30-59(56)66)52-41-43-58-57-29-15-18-34-63(57)70(65(58)45-52,49-22-5-3-6-23-49)50-24-7-4-8-25-50/h3-45H,1-2H3/i3D,4D,5D,6D,7D,8D,10D,11D,13D,14D,15D,18D,21D,22D,23D,24D,25D,26D,28D,29D,30D,34D,41D,43D,44D,45D. The smallest absolute Gasteiger partial charge is 0.0714 e. The van der Waals surface area contributed by atoms with Gasteiger partial charge in [-0.15, -0.1) is 0 Å². The second-order valence-electron chi connectivity index (χ2n) is 17.9. The van der Waals surface area contributed by atoms with Crippen molar-refractivity contribution in [3.05, 3.63) is 294 Å². The van der Waals surface area contributed by atoms with Crippen molar-refractivity contribution in [3.63, 3.8) is 0 Å². The average Bonchev–Trinajstić information content (AvgIpc) is 1.55. The van der Waals surface area contributed by atoms with E-state index in [0.717, 1.165) is 49.1 Å². The molecule has 0 saturated heterocycles. The minimum Gasteiger partial charge on any atom is -0.310 e. The third-order valence-electron chi connectivity index (χ3n) is 14.0. The number of anilines is 3. The molecule has 71 heavy (non-hydrogen) atoms. The third-order valence-corrected chi connectivity index (χ3v) is 14.0. The van der Waals surface area contributed by atoms with Gasteiger partial charge in [0, 0.05) is 22.2 Å². The molecule has 0 atom stereocenters. The van der Waals surface area contributed by atoms with Crippen LogP contribution in [-0.4, -0.2) is 0 Å². The van der Waals surface area contributed by atoms with Crippen molar-refractivity contribution in [1.29, 1.82) is 0 Å². The molecule has 1 heteroatoms. The molecule has 0 aromatic heterocycles. The summed E-state index contributed by atoms with van der Waals surface area (Å²) in [7, 11) is 0. The van der Waals surface area contributed by atoms with E-state index in [0.29, 0.717) is 11.1 Å². The first-order chi connectivity index (χ1) is 45.8. The fourth-order valence-corrected chi connectivity index (χ4v) is 10.9. The van der Waals surface area contributed by atoms with Crippen LogP contribution >= 0.6 is 0 Å². The molecule has 0 radical (unpaired) electrons. The van der Waals surface area contributed by atoms with Crippen LogP contribution in [0.5, 0.6) is 0 Å². The Bertz CT molecular complexity index is 5520. The number of hydrogen-bond acceptors (Lipinski definition) is 1. The lowest BCUT2D eigenvalue weighted by atomic mass is 9.67. The van der Waals surface area contributed by atoms with Crippen LogP contribution in [-0.2, 0) is 10.8 Å². The normalized spacial score (nSPS) is 18.8. The van der Waals surface area contributed by atoms with Crippen molar-refractivity contribution in [1.82, 2.24) is 0 Å². The van der Waals surface area contributed by atoms with Crippen LogP contribution in [0.2, 0.25) is 0 Å². The zero-order valence-electron chi connectivity index (χ0n) is 63.8. The summed E-state index contributed by atoms with van der Waals surface area (Å²) in [5.74, 6) is 0. The molecule has 0 fully saturated rings. The van der Waals surface area contributed by atoms with E-state index >= 15 is 0 Å². The largest absolute Gasteiger partial charge is 0.310 e. The van der Waals surface area contributed by atoms with Crippen molar-refractivity contribution in [3.8, 4) is 44.5 Å². The molecule has 0 spiro atoms. The molecular weight excluding hydrogens is 855 g/mol. The lowest BCUT2D eigenvalue weighted by Crippen LogP contribution is -2.28. The molecule has 0 heterocycles. The summed E-state index contributed by atoms with van der Waals surface area (Å²) in [6.07, 6.45) is 0. The maximum atomic E-state index is 11.0. The maximum Gasteiger partial charge on any atom is 0.0714 e. The maximum absolute atomic E-state index is 11.0. The van der Waals surface area contributed by atoms with Gasteiger partial charge < -0.3 is 4.90 Å². The predicted octanol–water partition coefficient (Wildman–Crippen LogP) is 18.6. The van der Waals surface area contributed by atoms with Crippen molar-refractivity contribution in [2.45, 2.75) is 24.7 Å². The zero-order chi connectivity index (χ0) is 69.9. The SMILES string of the molecule is [2H]c1c([2H])c([2H])c(C2(c3c([2H])c([2H])c([2H])c([2H])c3[2H])c3c([2H])c([2H])c([2H])c([2H])c3-c3c([2H])c([2H])c(N(c4ccc(-c5ccc6ccccc6c5-c5cccc6c5-c5ccccc5C6(C)C)cc4)c4c([2H])c5c([2H])c([2H])c([2H])c([2H])c5c5c([2H])c([2H])c([2H])c([2H])c45)c([2H])c32)c([2H])c1[2H]. The van der Waals surface area contributed by atoms with Crippen molar-refractivity contribution in [2.24, 2.45) is 0 Å². The molecule has 0 amide bonds. The minimum absolute atomic E-state index is 0.193. The lowest BCUT2D eigenvalue weighted by Gasteiger charge is -2.35. The highest BCUT2D eigenvalue weighted by atomic mass is 15.1. The molecule has 12 aromatic carbocycles. The van der Waals surface area contributed by atoms with Gasteiger partial charge in [-0.25, -0.2) is 0 Å². The molecule has 14 rings (SSSR count). The van der Waals surface area contributed by atoms with Gasteiger partial charge in [-0.2, -0.15) is 0 Å². The summed E-state index contributed by atoms with van der Waals surface area (Å²) in [4.78, 5) is 0.968. The Morgan fingerprint density at radius 3 is 1.79 bits per heavy atom. The Labute approximate surface area is 452 Å². The molecule has 0 aliphatic heterocycles. The van der Waals surface area contributed by atoms with E-state index in [2.05, 4.69) is 32.0 Å². The van der Waals surface area contributed by atoms with Crippen LogP contribution in [0.1, 0.15) is 82.9 Å². The topological polar surface area (TPSA) is 3.24 Å². The van der Waals surface area contributed by atoms with E-state index in [-0.39, 0.29) is 5.69 Å². The summed E-state index contributed by atoms with van der Waals surface area (Å²) in [5, 5.41) is -0.554. The molecule has 2 aliphatic carbocycles. The fourth-order valence-electron chi connectivity index (χ4n) is 10.9. The molecule has 0 unspecified atom stereocenters. The van der Waals surface area contributed by atoms with Crippen LogP contribution in [0.3, 0.4) is 0 Å². The summed E-state index contributed by atoms with van der Waals surface area (Å²) in [6, 6.07) is 6.22. The molecule has 0 bridgehead atoms. The number of hydrogen-bond donors (Lipinski definition) is 0. The van der Waals surface area contributed by atoms with Gasteiger partial charge in [-0.05, 0) is 135 Å². The predicted molar refractivity (Wildman–Crippen MR) is 299 cm³/mol. The Balaban J connectivity index is 1.19. The first-order valence-electron chi connectivity index (χ1n) is 35.8. The second-order valence-corrected chi connectivity index (χ2v) is 17.9. The van der Waals surface area contributed by atoms with Crippen molar-refractivity contribution < 1.29 is 35.6 Å². The molecule has 2 aliphatic rings. The Morgan fingerprint density at radius 2 is 0.986 bits per heavy atom. The van der Waals surface area contributed by atoms with Gasteiger partial charge >= 0.3 is 0 Å². The van der Waals surface area contributed by atoms with Gasteiger partial charge in [0.2, 0.25) is 0 Å². The highest BCUT2D eigenvalue weighted by Gasteiger charge is 2.46. The van der Waals surface area contributed by atoms with Crippen LogP contribution in [0.25, 0.3) is 76.8 Å². The van der Waals surface area contributed by atoms with Crippen LogP contribution in [0.15, 0.2) is 260 Å². The van der Waals surface area contributed by atoms with Gasteiger partial charge in [0.25, 0.3) is 0 Å². The van der Waals surface area contributed by atoms with E-state index in [1.807, 2.05) is 60.7 Å². The van der Waals surface area contributed by atoms with E-state index < -0.39 is 234 Å². The van der Waals surface area contributed by atoms with Gasteiger partial charge in [-0.3, -0.25) is 0 Å². The van der Waals surface area contributed by atoms with Crippen LogP contribution in [0.4, 0.5) is 17.1 Å². The first kappa shape index (κ1) is 22.8. The quantitative estimate of drug-likeness (QED) is 0.144. The molecule has 0 N–H and O–H groups in total. The van der Waals surface area contributed by atoms with Gasteiger partial charge in [0.15, 0.2) is 0 Å². The summed E-state index contributed by atoms with van der Waals surface area (Å²) in [5.41, 5.74) is -3.53. The van der Waals surface area contributed by atoms with E-state index in [4.69, 9.17) is 13.7 Å². The second kappa shape index (κ2) is 15.9. The highest BCUT2D eigenvalue weighted by Crippen LogP contribution is 2.58. The van der Waals surface area contributed by atoms with E-state index in [9.17, 15) is 21.9 Å². The Hall–Kier alpha value is -8.78. The first-order valence-corrected chi connectivity index (χ1v) is 22.8. The molecule has 1 nitrogen and oxygen atoms in total. The Morgan fingerprint density at radius 1 is 0.352 bits per heavy atom. The third kappa shape index (κ3) is 6.06. The highest BCUT2D eigenvalue weighted by molar-refractivity contribution is 6.15. The van der Waals surface area contributed by atoms with Crippen LogP contribution < -0.4 is 4.90 Å². The number of rotatable bonds is 7.